The van der Waals surface area contributed by atoms with E-state index in [9.17, 15) is 23.1 Å². The number of hydrogen-bond acceptors (Lipinski definition) is 2. The molecule has 4 nitrogen and oxygen atoms in total. The first-order valence-electron chi connectivity index (χ1n) is 9.16. The second-order valence-corrected chi connectivity index (χ2v) is 6.89. The van der Waals surface area contributed by atoms with Crippen LogP contribution in [0.1, 0.15) is 21.5 Å². The van der Waals surface area contributed by atoms with Gasteiger partial charge in [0.05, 0.1) is 16.8 Å². The van der Waals surface area contributed by atoms with Crippen molar-refractivity contribution >= 4 is 28.2 Å². The van der Waals surface area contributed by atoms with E-state index >= 15 is 0 Å². The number of rotatable bonds is 5. The Bertz CT molecular complexity index is 1210. The molecular weight excluding hydrogens is 393 g/mol. The lowest BCUT2D eigenvalue weighted by atomic mass is 10.1. The number of carbonyl (C=O) groups is 1. The van der Waals surface area contributed by atoms with Gasteiger partial charge in [-0.05, 0) is 48.0 Å². The average molecular weight is 410 g/mol. The molecule has 0 fully saturated rings. The Morgan fingerprint density at radius 2 is 1.73 bits per heavy atom. The first-order chi connectivity index (χ1) is 14.3. The highest BCUT2D eigenvalue weighted by Crippen LogP contribution is 2.33. The molecule has 0 bridgehead atoms. The number of halogens is 3. The van der Waals surface area contributed by atoms with Gasteiger partial charge in [0.1, 0.15) is 0 Å². The molecule has 0 radical (unpaired) electrons. The fourth-order valence-electron chi connectivity index (χ4n) is 3.36. The first kappa shape index (κ1) is 19.6. The summed E-state index contributed by atoms with van der Waals surface area (Å²) in [6.07, 6.45) is -2.65. The van der Waals surface area contributed by atoms with Gasteiger partial charge >= 0.3 is 12.1 Å². The molecular formula is C23H17F3N2O2. The predicted octanol–water partition coefficient (Wildman–Crippen LogP) is 6.15. The first-order valence-corrected chi connectivity index (χ1v) is 9.16. The van der Waals surface area contributed by atoms with Crippen LogP contribution in [0.3, 0.4) is 0 Å². The highest BCUT2D eigenvalue weighted by atomic mass is 19.4. The van der Waals surface area contributed by atoms with Gasteiger partial charge < -0.3 is 15.0 Å². The minimum atomic E-state index is -4.61. The van der Waals surface area contributed by atoms with Gasteiger partial charge in [0.25, 0.3) is 0 Å². The molecule has 0 aliphatic rings. The van der Waals surface area contributed by atoms with E-state index in [1.54, 1.807) is 6.07 Å². The molecule has 152 valence electrons. The number of benzene rings is 3. The van der Waals surface area contributed by atoms with Gasteiger partial charge in [-0.3, -0.25) is 0 Å². The summed E-state index contributed by atoms with van der Waals surface area (Å²) in [4.78, 5) is 11.5. The standard InChI is InChI=1S/C23H17F3N2O2/c24-23(25,26)17-6-8-20(19(13-17)22(29)30)27-18-7-9-21-16(12-18)10-11-28(21)14-15-4-2-1-3-5-15/h1-13,27H,14H2,(H,29,30). The van der Waals surface area contributed by atoms with Gasteiger partial charge in [-0.2, -0.15) is 13.2 Å². The number of anilines is 2. The van der Waals surface area contributed by atoms with Crippen molar-refractivity contribution < 1.29 is 23.1 Å². The summed E-state index contributed by atoms with van der Waals surface area (Å²) < 4.78 is 40.8. The quantitative estimate of drug-likeness (QED) is 0.415. The van der Waals surface area contributed by atoms with Crippen LogP contribution in [0, 0.1) is 0 Å². The van der Waals surface area contributed by atoms with Crippen LogP contribution in [0.4, 0.5) is 24.5 Å². The van der Waals surface area contributed by atoms with E-state index in [4.69, 9.17) is 0 Å². The van der Waals surface area contributed by atoms with Crippen LogP contribution >= 0.6 is 0 Å². The largest absolute Gasteiger partial charge is 0.478 e. The van der Waals surface area contributed by atoms with Crippen LogP contribution in [-0.4, -0.2) is 15.6 Å². The number of aromatic nitrogens is 1. The van der Waals surface area contributed by atoms with Crippen LogP contribution < -0.4 is 5.32 Å². The van der Waals surface area contributed by atoms with E-state index in [-0.39, 0.29) is 5.69 Å². The molecule has 0 atom stereocenters. The average Bonchev–Trinajstić information content (AvgIpc) is 3.10. The smallest absolute Gasteiger partial charge is 0.416 e. The van der Waals surface area contributed by atoms with Gasteiger partial charge in [0, 0.05) is 29.3 Å². The predicted molar refractivity (Wildman–Crippen MR) is 109 cm³/mol. The van der Waals surface area contributed by atoms with Gasteiger partial charge in [0.2, 0.25) is 0 Å². The molecule has 0 saturated heterocycles. The molecule has 1 heterocycles. The molecule has 2 N–H and O–H groups in total. The fourth-order valence-corrected chi connectivity index (χ4v) is 3.36. The van der Waals surface area contributed by atoms with E-state index in [1.807, 2.05) is 54.7 Å². The van der Waals surface area contributed by atoms with Crippen LogP contribution in [0.2, 0.25) is 0 Å². The summed E-state index contributed by atoms with van der Waals surface area (Å²) in [7, 11) is 0. The number of hydrogen-bond donors (Lipinski definition) is 2. The summed E-state index contributed by atoms with van der Waals surface area (Å²) in [5.74, 6) is -1.43. The van der Waals surface area contributed by atoms with Crippen LogP contribution in [-0.2, 0) is 12.7 Å². The van der Waals surface area contributed by atoms with Crippen molar-refractivity contribution in [2.75, 3.05) is 5.32 Å². The Morgan fingerprint density at radius 1 is 0.967 bits per heavy atom. The van der Waals surface area contributed by atoms with Crippen molar-refractivity contribution in [1.29, 1.82) is 0 Å². The number of carboxylic acids is 1. The number of carboxylic acid groups (broad SMARTS) is 1. The van der Waals surface area contributed by atoms with E-state index in [0.29, 0.717) is 18.3 Å². The molecule has 0 saturated carbocycles. The van der Waals surface area contributed by atoms with Gasteiger partial charge in [-0.15, -0.1) is 0 Å². The number of nitrogens with zero attached hydrogens (tertiary/aromatic N) is 1. The lowest BCUT2D eigenvalue weighted by molar-refractivity contribution is -0.137. The summed E-state index contributed by atoms with van der Waals surface area (Å²) in [6.45, 7) is 0.708. The number of nitrogens with one attached hydrogen (secondary N) is 1. The molecule has 0 aliphatic heterocycles. The maximum absolute atomic E-state index is 12.9. The second-order valence-electron chi connectivity index (χ2n) is 6.89. The number of alkyl halides is 3. The molecule has 4 rings (SSSR count). The molecule has 0 amide bonds. The Hall–Kier alpha value is -3.74. The van der Waals surface area contributed by atoms with E-state index in [2.05, 4.69) is 9.88 Å². The van der Waals surface area contributed by atoms with Crippen molar-refractivity contribution in [3.63, 3.8) is 0 Å². The lowest BCUT2D eigenvalue weighted by Gasteiger charge is -2.13. The van der Waals surface area contributed by atoms with Crippen LogP contribution in [0.15, 0.2) is 79.0 Å². The zero-order chi connectivity index (χ0) is 21.3. The maximum atomic E-state index is 12.9. The van der Waals surface area contributed by atoms with Crippen molar-refractivity contribution in [2.24, 2.45) is 0 Å². The van der Waals surface area contributed by atoms with Crippen molar-refractivity contribution in [3.8, 4) is 0 Å². The summed E-state index contributed by atoms with van der Waals surface area (Å²) in [5.41, 5.74) is 1.40. The molecule has 30 heavy (non-hydrogen) atoms. The molecule has 1 aromatic heterocycles. The summed E-state index contributed by atoms with van der Waals surface area (Å²) in [6, 6.07) is 20.1. The van der Waals surface area contributed by atoms with Gasteiger partial charge in [-0.1, -0.05) is 30.3 Å². The van der Waals surface area contributed by atoms with E-state index < -0.39 is 23.3 Å². The maximum Gasteiger partial charge on any atom is 0.416 e. The SMILES string of the molecule is O=C(O)c1cc(C(F)(F)F)ccc1Nc1ccc2c(ccn2Cc2ccccc2)c1. The minimum Gasteiger partial charge on any atom is -0.478 e. The summed E-state index contributed by atoms with van der Waals surface area (Å²) in [5, 5.41) is 13.2. The van der Waals surface area contributed by atoms with Crippen LogP contribution in [0.5, 0.6) is 0 Å². The Kier molecular flexibility index (Phi) is 4.95. The highest BCUT2D eigenvalue weighted by Gasteiger charge is 2.31. The molecule has 0 unspecified atom stereocenters. The Labute approximate surface area is 170 Å². The zero-order valence-corrected chi connectivity index (χ0v) is 15.6. The van der Waals surface area contributed by atoms with Crippen molar-refractivity contribution in [3.05, 3.63) is 95.7 Å². The minimum absolute atomic E-state index is 0.0959. The van der Waals surface area contributed by atoms with Gasteiger partial charge in [0.15, 0.2) is 0 Å². The third kappa shape index (κ3) is 4.00. The highest BCUT2D eigenvalue weighted by molar-refractivity contribution is 5.96. The molecule has 7 heteroatoms. The molecule has 0 aliphatic carbocycles. The molecule has 3 aromatic carbocycles. The Balaban J connectivity index is 1.63. The monoisotopic (exact) mass is 410 g/mol. The topological polar surface area (TPSA) is 54.3 Å². The normalized spacial score (nSPS) is 11.6. The van der Waals surface area contributed by atoms with Crippen molar-refractivity contribution in [2.45, 2.75) is 12.7 Å². The second kappa shape index (κ2) is 7.59. The van der Waals surface area contributed by atoms with E-state index in [0.717, 1.165) is 28.6 Å². The molecule has 0 spiro atoms. The third-order valence-corrected chi connectivity index (χ3v) is 4.82. The Morgan fingerprint density at radius 3 is 2.43 bits per heavy atom. The third-order valence-electron chi connectivity index (χ3n) is 4.82. The number of aromatic carboxylic acids is 1. The fraction of sp³-hybridized carbons (Fsp3) is 0.0870. The zero-order valence-electron chi connectivity index (χ0n) is 15.6. The molecule has 4 aromatic rings. The lowest BCUT2D eigenvalue weighted by Crippen LogP contribution is -2.09. The van der Waals surface area contributed by atoms with Gasteiger partial charge in [-0.25, -0.2) is 4.79 Å². The summed E-state index contributed by atoms with van der Waals surface area (Å²) >= 11 is 0. The van der Waals surface area contributed by atoms with Crippen LogP contribution in [0.25, 0.3) is 10.9 Å². The van der Waals surface area contributed by atoms with Crippen molar-refractivity contribution in [1.82, 2.24) is 4.57 Å². The number of fused-ring (bicyclic) bond motifs is 1. The van der Waals surface area contributed by atoms with E-state index in [1.165, 1.54) is 0 Å².